The average molecular weight is 277 g/mol. The van der Waals surface area contributed by atoms with E-state index in [0.29, 0.717) is 17.6 Å². The summed E-state index contributed by atoms with van der Waals surface area (Å²) in [7, 11) is 3.53. The zero-order chi connectivity index (χ0) is 13.7. The Hall–Kier alpha value is -1.89. The van der Waals surface area contributed by atoms with Gasteiger partial charge in [-0.05, 0) is 16.9 Å². The summed E-state index contributed by atoms with van der Waals surface area (Å²) in [5.74, 6) is 1.51. The first-order valence-corrected chi connectivity index (χ1v) is 6.97. The third-order valence-electron chi connectivity index (χ3n) is 3.31. The maximum atomic E-state index is 12.5. The molecule has 0 radical (unpaired) electrons. The molecule has 100 valence electrons. The van der Waals surface area contributed by atoms with Crippen LogP contribution in [0, 0.1) is 0 Å². The molecule has 1 N–H and O–H groups in total. The van der Waals surface area contributed by atoms with Crippen LogP contribution in [0.25, 0.3) is 16.0 Å². The normalized spacial score (nSPS) is 11.8. The van der Waals surface area contributed by atoms with Gasteiger partial charge in [-0.3, -0.25) is 9.36 Å². The van der Waals surface area contributed by atoms with Gasteiger partial charge in [-0.15, -0.1) is 21.5 Å². The van der Waals surface area contributed by atoms with Gasteiger partial charge in [-0.25, -0.2) is 4.40 Å². The van der Waals surface area contributed by atoms with E-state index in [1.165, 1.54) is 0 Å². The molecular weight excluding hydrogens is 262 g/mol. The Bertz CT molecular complexity index is 826. The SMILES string of the molecule is CNc1nnc2n(C)c(=O)c3c(C(C)C)csc3n12. The number of aryl methyl sites for hydroxylation is 1. The molecule has 0 saturated carbocycles. The Morgan fingerprint density at radius 3 is 2.74 bits per heavy atom. The van der Waals surface area contributed by atoms with E-state index in [2.05, 4.69) is 34.7 Å². The van der Waals surface area contributed by atoms with Gasteiger partial charge in [0, 0.05) is 14.1 Å². The highest BCUT2D eigenvalue weighted by Gasteiger charge is 2.19. The van der Waals surface area contributed by atoms with Crippen molar-refractivity contribution in [3.63, 3.8) is 0 Å². The molecule has 6 nitrogen and oxygen atoms in total. The summed E-state index contributed by atoms with van der Waals surface area (Å²) in [6.07, 6.45) is 0. The van der Waals surface area contributed by atoms with E-state index < -0.39 is 0 Å². The average Bonchev–Trinajstić information content (AvgIpc) is 2.98. The third kappa shape index (κ3) is 1.51. The van der Waals surface area contributed by atoms with Gasteiger partial charge in [0.05, 0.1) is 5.39 Å². The molecule has 0 aliphatic carbocycles. The van der Waals surface area contributed by atoms with Gasteiger partial charge < -0.3 is 5.32 Å². The zero-order valence-electron chi connectivity index (χ0n) is 11.3. The van der Waals surface area contributed by atoms with E-state index in [9.17, 15) is 4.79 Å². The Balaban J connectivity index is 2.60. The highest BCUT2D eigenvalue weighted by atomic mass is 32.1. The van der Waals surface area contributed by atoms with Crippen LogP contribution in [0.1, 0.15) is 25.3 Å². The van der Waals surface area contributed by atoms with Gasteiger partial charge in [-0.2, -0.15) is 0 Å². The van der Waals surface area contributed by atoms with Crippen molar-refractivity contribution in [3.8, 4) is 0 Å². The van der Waals surface area contributed by atoms with E-state index >= 15 is 0 Å². The van der Waals surface area contributed by atoms with Crippen molar-refractivity contribution in [2.45, 2.75) is 19.8 Å². The predicted molar refractivity (Wildman–Crippen MR) is 77.2 cm³/mol. The Labute approximate surface area is 113 Å². The lowest BCUT2D eigenvalue weighted by atomic mass is 10.0. The third-order valence-corrected chi connectivity index (χ3v) is 4.29. The molecule has 0 aliphatic heterocycles. The molecular formula is C12H15N5OS. The van der Waals surface area contributed by atoms with Crippen LogP contribution in [0.5, 0.6) is 0 Å². The fourth-order valence-electron chi connectivity index (χ4n) is 2.27. The van der Waals surface area contributed by atoms with E-state index in [4.69, 9.17) is 0 Å². The van der Waals surface area contributed by atoms with Gasteiger partial charge in [0.25, 0.3) is 5.56 Å². The van der Waals surface area contributed by atoms with E-state index in [1.807, 2.05) is 4.40 Å². The number of fused-ring (bicyclic) bond motifs is 3. The number of rotatable bonds is 2. The van der Waals surface area contributed by atoms with Crippen LogP contribution < -0.4 is 10.9 Å². The molecule has 0 amide bonds. The molecule has 3 aromatic rings. The molecule has 3 aromatic heterocycles. The molecule has 7 heteroatoms. The van der Waals surface area contributed by atoms with Gasteiger partial charge in [0.2, 0.25) is 11.7 Å². The van der Waals surface area contributed by atoms with Gasteiger partial charge in [0.15, 0.2) is 0 Å². The topological polar surface area (TPSA) is 64.2 Å². The summed E-state index contributed by atoms with van der Waals surface area (Å²) >= 11 is 1.56. The number of thiophene rings is 1. The lowest BCUT2D eigenvalue weighted by Gasteiger charge is -2.06. The van der Waals surface area contributed by atoms with E-state index in [-0.39, 0.29) is 5.56 Å². The first kappa shape index (κ1) is 12.2. The number of hydrogen-bond acceptors (Lipinski definition) is 5. The molecule has 0 aliphatic rings. The molecule has 0 bridgehead atoms. The fraction of sp³-hybridized carbons (Fsp3) is 0.417. The van der Waals surface area contributed by atoms with Crippen LogP contribution in [-0.4, -0.2) is 26.2 Å². The number of nitrogens with one attached hydrogen (secondary N) is 1. The number of aromatic nitrogens is 4. The molecule has 0 fully saturated rings. The highest BCUT2D eigenvalue weighted by Crippen LogP contribution is 2.30. The maximum Gasteiger partial charge on any atom is 0.263 e. The Morgan fingerprint density at radius 2 is 2.11 bits per heavy atom. The zero-order valence-corrected chi connectivity index (χ0v) is 12.1. The molecule has 0 saturated heterocycles. The van der Waals surface area contributed by atoms with Crippen LogP contribution in [0.3, 0.4) is 0 Å². The minimum atomic E-state index is -0.0116. The van der Waals surface area contributed by atoms with Gasteiger partial charge in [-0.1, -0.05) is 13.8 Å². The summed E-state index contributed by atoms with van der Waals surface area (Å²) < 4.78 is 3.45. The van der Waals surface area contributed by atoms with Crippen LogP contribution in [0.15, 0.2) is 10.2 Å². The molecule has 0 unspecified atom stereocenters. The molecule has 3 rings (SSSR count). The molecule has 19 heavy (non-hydrogen) atoms. The molecule has 0 atom stereocenters. The van der Waals surface area contributed by atoms with Crippen molar-refractivity contribution >= 4 is 33.3 Å². The van der Waals surface area contributed by atoms with Crippen molar-refractivity contribution in [3.05, 3.63) is 21.3 Å². The minimum Gasteiger partial charge on any atom is -0.357 e. The first-order chi connectivity index (χ1) is 9.06. The number of nitrogens with zero attached hydrogens (tertiary/aromatic N) is 4. The Morgan fingerprint density at radius 1 is 1.37 bits per heavy atom. The van der Waals surface area contributed by atoms with Crippen molar-refractivity contribution in [1.82, 2.24) is 19.2 Å². The van der Waals surface area contributed by atoms with E-state index in [1.54, 1.807) is 30.0 Å². The first-order valence-electron chi connectivity index (χ1n) is 6.09. The lowest BCUT2D eigenvalue weighted by Crippen LogP contribution is -2.20. The summed E-state index contributed by atoms with van der Waals surface area (Å²) in [6, 6.07) is 0. The number of hydrogen-bond donors (Lipinski definition) is 1. The monoisotopic (exact) mass is 277 g/mol. The largest absolute Gasteiger partial charge is 0.357 e. The number of anilines is 1. The van der Waals surface area contributed by atoms with Gasteiger partial charge in [0.1, 0.15) is 4.83 Å². The maximum absolute atomic E-state index is 12.5. The van der Waals surface area contributed by atoms with Crippen LogP contribution in [0.4, 0.5) is 5.95 Å². The quantitative estimate of drug-likeness (QED) is 0.776. The second-order valence-corrected chi connectivity index (χ2v) is 5.66. The highest BCUT2D eigenvalue weighted by molar-refractivity contribution is 7.17. The lowest BCUT2D eigenvalue weighted by molar-refractivity contribution is 0.846. The Kier molecular flexibility index (Phi) is 2.60. The van der Waals surface area contributed by atoms with Crippen LogP contribution in [0.2, 0.25) is 0 Å². The van der Waals surface area contributed by atoms with Crippen molar-refractivity contribution in [1.29, 1.82) is 0 Å². The van der Waals surface area contributed by atoms with E-state index in [0.717, 1.165) is 15.8 Å². The summed E-state index contributed by atoms with van der Waals surface area (Å²) in [4.78, 5) is 13.4. The second kappa shape index (κ2) is 4.06. The van der Waals surface area contributed by atoms with Crippen LogP contribution >= 0.6 is 11.3 Å². The van der Waals surface area contributed by atoms with Crippen LogP contribution in [-0.2, 0) is 7.05 Å². The predicted octanol–water partition coefficient (Wildman–Crippen LogP) is 1.81. The van der Waals surface area contributed by atoms with Gasteiger partial charge >= 0.3 is 0 Å². The van der Waals surface area contributed by atoms with Crippen molar-refractivity contribution < 1.29 is 0 Å². The second-order valence-electron chi connectivity index (χ2n) is 4.80. The molecule has 0 aromatic carbocycles. The van der Waals surface area contributed by atoms with Crippen molar-refractivity contribution in [2.24, 2.45) is 7.05 Å². The minimum absolute atomic E-state index is 0.0116. The summed E-state index contributed by atoms with van der Waals surface area (Å²) in [6.45, 7) is 4.19. The molecule has 0 spiro atoms. The summed E-state index contributed by atoms with van der Waals surface area (Å²) in [5, 5.41) is 14.0. The van der Waals surface area contributed by atoms with Crippen molar-refractivity contribution in [2.75, 3.05) is 12.4 Å². The summed E-state index contributed by atoms with van der Waals surface area (Å²) in [5.41, 5.74) is 1.07. The molecule has 3 heterocycles. The fourth-order valence-corrected chi connectivity index (χ4v) is 3.49. The standard InChI is InChI=1S/C12H15N5OS/c1-6(2)7-5-19-10-8(7)9(18)16(4)12-15-14-11(13-3)17(10)12/h5-6H,1-4H3,(H,13,14). The smallest absolute Gasteiger partial charge is 0.263 e.